The van der Waals surface area contributed by atoms with Gasteiger partial charge in [0.1, 0.15) is 5.69 Å². The molecule has 0 bridgehead atoms. The van der Waals surface area contributed by atoms with Crippen LogP contribution < -0.4 is 4.90 Å². The molecule has 0 radical (unpaired) electrons. The van der Waals surface area contributed by atoms with Crippen LogP contribution in [0.1, 0.15) is 34.5 Å². The molecule has 10 heteroatoms. The van der Waals surface area contributed by atoms with Gasteiger partial charge in [0.2, 0.25) is 0 Å². The van der Waals surface area contributed by atoms with E-state index in [1.165, 1.54) is 22.3 Å². The Morgan fingerprint density at radius 1 is 1.03 bits per heavy atom. The summed E-state index contributed by atoms with van der Waals surface area (Å²) >= 11 is 0. The third-order valence-electron chi connectivity index (χ3n) is 6.68. The van der Waals surface area contributed by atoms with Crippen molar-refractivity contribution in [1.82, 2.24) is 9.78 Å². The molecule has 3 aromatic rings. The number of anilines is 1. The number of carboxylic acids is 1. The van der Waals surface area contributed by atoms with Crippen molar-refractivity contribution >= 4 is 17.6 Å². The fourth-order valence-corrected chi connectivity index (χ4v) is 4.69. The number of aliphatic carboxylic acids is 1. The van der Waals surface area contributed by atoms with E-state index in [1.807, 2.05) is 11.9 Å². The van der Waals surface area contributed by atoms with Crippen molar-refractivity contribution in [3.63, 3.8) is 0 Å². The number of aromatic nitrogens is 2. The standard InChI is InChI=1S/C24H25N3O2.C2HF3O2/c1-17-3-5-18(6-4-17)19-7-8-21-20(15-19)24(10-13-29-14-11-24)16-27(21)23(28)22-9-12-25-26(22)2;3-2(4,5)1(6)7/h3-9,12,15H,10-11,13-14,16H2,1-2H3;(H,6,7). The second-order valence-electron chi connectivity index (χ2n) is 9.02. The van der Waals surface area contributed by atoms with Gasteiger partial charge >= 0.3 is 12.1 Å². The van der Waals surface area contributed by atoms with E-state index in [1.54, 1.807) is 16.9 Å². The SMILES string of the molecule is Cc1ccc(-c2ccc3c(c2)C2(CCOCC2)CN3C(=O)c2ccnn2C)cc1.O=C(O)C(F)(F)F. The molecular formula is C26H26F3N3O4. The number of rotatable bonds is 2. The van der Waals surface area contributed by atoms with Crippen molar-refractivity contribution in [3.8, 4) is 11.1 Å². The third-order valence-corrected chi connectivity index (χ3v) is 6.68. The normalized spacial score (nSPS) is 16.3. The molecule has 190 valence electrons. The summed E-state index contributed by atoms with van der Waals surface area (Å²) in [4.78, 5) is 24.2. The van der Waals surface area contributed by atoms with E-state index in [0.29, 0.717) is 12.2 Å². The first-order valence-corrected chi connectivity index (χ1v) is 11.4. The van der Waals surface area contributed by atoms with Crippen LogP contribution in [0.15, 0.2) is 54.7 Å². The summed E-state index contributed by atoms with van der Waals surface area (Å²) in [7, 11) is 1.81. The lowest BCUT2D eigenvalue weighted by atomic mass is 9.75. The van der Waals surface area contributed by atoms with Gasteiger partial charge in [0.15, 0.2) is 0 Å². The molecule has 1 amide bonds. The first kappa shape index (κ1) is 25.4. The summed E-state index contributed by atoms with van der Waals surface area (Å²) in [5.74, 6) is -2.75. The summed E-state index contributed by atoms with van der Waals surface area (Å²) in [6.45, 7) is 4.28. The molecule has 1 spiro atoms. The summed E-state index contributed by atoms with van der Waals surface area (Å²) < 4.78 is 39.1. The number of aryl methyl sites for hydroxylation is 2. The highest BCUT2D eigenvalue weighted by molar-refractivity contribution is 6.07. The Morgan fingerprint density at radius 3 is 2.19 bits per heavy atom. The van der Waals surface area contributed by atoms with Gasteiger partial charge in [0.05, 0.1) is 0 Å². The van der Waals surface area contributed by atoms with Gasteiger partial charge in [-0.05, 0) is 54.7 Å². The van der Waals surface area contributed by atoms with Gasteiger partial charge in [0.25, 0.3) is 5.91 Å². The van der Waals surface area contributed by atoms with Gasteiger partial charge in [0, 0.05) is 44.1 Å². The molecule has 3 heterocycles. The number of fused-ring (bicyclic) bond motifs is 2. The number of halogens is 3. The molecule has 7 nitrogen and oxygen atoms in total. The summed E-state index contributed by atoms with van der Waals surface area (Å²) in [6, 6.07) is 17.0. The average Bonchev–Trinajstić information content (AvgIpc) is 3.41. The van der Waals surface area contributed by atoms with Crippen LogP contribution in [0.4, 0.5) is 18.9 Å². The number of carbonyl (C=O) groups is 2. The number of alkyl halides is 3. The molecule has 0 atom stereocenters. The number of nitrogens with zero attached hydrogens (tertiary/aromatic N) is 3. The fraction of sp³-hybridized carbons (Fsp3) is 0.346. The van der Waals surface area contributed by atoms with Gasteiger partial charge in [-0.2, -0.15) is 18.3 Å². The first-order chi connectivity index (χ1) is 17.0. The Bertz CT molecular complexity index is 1260. The van der Waals surface area contributed by atoms with Crippen molar-refractivity contribution in [2.45, 2.75) is 31.4 Å². The van der Waals surface area contributed by atoms with Gasteiger partial charge in [-0.15, -0.1) is 0 Å². The number of ether oxygens (including phenoxy) is 1. The Kier molecular flexibility index (Phi) is 6.90. The minimum absolute atomic E-state index is 0.0118. The maximum atomic E-state index is 13.3. The second kappa shape index (κ2) is 9.77. The summed E-state index contributed by atoms with van der Waals surface area (Å²) in [5.41, 5.74) is 6.53. The molecule has 5 rings (SSSR count). The van der Waals surface area contributed by atoms with Crippen molar-refractivity contribution < 1.29 is 32.6 Å². The van der Waals surface area contributed by atoms with Gasteiger partial charge in [-0.1, -0.05) is 35.9 Å². The number of amides is 1. The fourth-order valence-electron chi connectivity index (χ4n) is 4.69. The number of hydrogen-bond acceptors (Lipinski definition) is 4. The highest BCUT2D eigenvalue weighted by Gasteiger charge is 2.46. The van der Waals surface area contributed by atoms with Crippen molar-refractivity contribution in [1.29, 1.82) is 0 Å². The molecule has 1 fully saturated rings. The molecule has 0 saturated carbocycles. The highest BCUT2D eigenvalue weighted by atomic mass is 19.4. The Morgan fingerprint density at radius 2 is 1.64 bits per heavy atom. The molecular weight excluding hydrogens is 475 g/mol. The predicted molar refractivity (Wildman–Crippen MR) is 127 cm³/mol. The van der Waals surface area contributed by atoms with E-state index in [9.17, 15) is 18.0 Å². The molecule has 2 aliphatic heterocycles. The van der Waals surface area contributed by atoms with Crippen LogP contribution in [0.25, 0.3) is 11.1 Å². The zero-order chi connectivity index (χ0) is 26.1. The van der Waals surface area contributed by atoms with Crippen LogP contribution in [0, 0.1) is 6.92 Å². The largest absolute Gasteiger partial charge is 0.490 e. The van der Waals surface area contributed by atoms with E-state index in [0.717, 1.165) is 31.7 Å². The van der Waals surface area contributed by atoms with E-state index in [4.69, 9.17) is 14.6 Å². The Balaban J connectivity index is 0.000000384. The maximum Gasteiger partial charge on any atom is 0.490 e. The molecule has 1 saturated heterocycles. The van der Waals surface area contributed by atoms with Crippen molar-refractivity contribution in [2.24, 2.45) is 7.05 Å². The topological polar surface area (TPSA) is 84.7 Å². The zero-order valence-corrected chi connectivity index (χ0v) is 19.9. The number of hydrogen-bond donors (Lipinski definition) is 1. The van der Waals surface area contributed by atoms with E-state index in [2.05, 4.69) is 54.5 Å². The number of benzene rings is 2. The monoisotopic (exact) mass is 501 g/mol. The smallest absolute Gasteiger partial charge is 0.475 e. The highest BCUT2D eigenvalue weighted by Crippen LogP contribution is 2.48. The van der Waals surface area contributed by atoms with Crippen molar-refractivity contribution in [2.75, 3.05) is 24.7 Å². The molecule has 0 aliphatic carbocycles. The number of carbonyl (C=O) groups excluding carboxylic acids is 1. The lowest BCUT2D eigenvalue weighted by Gasteiger charge is -2.34. The van der Waals surface area contributed by atoms with Crippen LogP contribution in [0.3, 0.4) is 0 Å². The van der Waals surface area contributed by atoms with Crippen LogP contribution >= 0.6 is 0 Å². The predicted octanol–water partition coefficient (Wildman–Crippen LogP) is 4.74. The average molecular weight is 502 g/mol. The van der Waals surface area contributed by atoms with Gasteiger partial charge < -0.3 is 14.7 Å². The van der Waals surface area contributed by atoms with Crippen LogP contribution in [0.5, 0.6) is 0 Å². The van der Waals surface area contributed by atoms with Gasteiger partial charge in [-0.3, -0.25) is 9.48 Å². The number of carboxylic acid groups (broad SMARTS) is 1. The van der Waals surface area contributed by atoms with E-state index < -0.39 is 12.1 Å². The molecule has 36 heavy (non-hydrogen) atoms. The minimum Gasteiger partial charge on any atom is -0.475 e. The zero-order valence-electron chi connectivity index (χ0n) is 19.9. The molecule has 1 aromatic heterocycles. The molecule has 0 unspecified atom stereocenters. The Hall–Kier alpha value is -3.66. The lowest BCUT2D eigenvalue weighted by Crippen LogP contribution is -2.41. The summed E-state index contributed by atoms with van der Waals surface area (Å²) in [5, 5.41) is 11.3. The quantitative estimate of drug-likeness (QED) is 0.549. The van der Waals surface area contributed by atoms with E-state index >= 15 is 0 Å². The van der Waals surface area contributed by atoms with Crippen LogP contribution in [0.2, 0.25) is 0 Å². The molecule has 2 aliphatic rings. The molecule has 2 aromatic carbocycles. The summed E-state index contributed by atoms with van der Waals surface area (Å²) in [6.07, 6.45) is -1.53. The lowest BCUT2D eigenvalue weighted by molar-refractivity contribution is -0.192. The molecule has 1 N–H and O–H groups in total. The van der Waals surface area contributed by atoms with Gasteiger partial charge in [-0.25, -0.2) is 4.79 Å². The second-order valence-corrected chi connectivity index (χ2v) is 9.02. The minimum atomic E-state index is -5.08. The Labute approximate surface area is 206 Å². The third kappa shape index (κ3) is 4.99. The first-order valence-electron chi connectivity index (χ1n) is 11.4. The van der Waals surface area contributed by atoms with Crippen molar-refractivity contribution in [3.05, 3.63) is 71.5 Å². The maximum absolute atomic E-state index is 13.3. The van der Waals surface area contributed by atoms with E-state index in [-0.39, 0.29) is 11.3 Å². The van der Waals surface area contributed by atoms with Crippen LogP contribution in [-0.4, -0.2) is 52.7 Å². The van der Waals surface area contributed by atoms with Crippen LogP contribution in [-0.2, 0) is 22.0 Å².